The van der Waals surface area contributed by atoms with Gasteiger partial charge >= 0.3 is 0 Å². The minimum atomic E-state index is 0.846. The van der Waals surface area contributed by atoms with E-state index < -0.39 is 0 Å². The number of unbranched alkanes of at least 4 members (excludes halogenated alkanes) is 2. The monoisotopic (exact) mass is 154 g/mol. The van der Waals surface area contributed by atoms with Crippen molar-refractivity contribution in [2.45, 2.75) is 46.5 Å². The zero-order chi connectivity index (χ0) is 8.69. The van der Waals surface area contributed by atoms with Crippen molar-refractivity contribution >= 4 is 0 Å². The summed E-state index contributed by atoms with van der Waals surface area (Å²) in [6.07, 6.45) is 7.27. The standard InChI is InChI=1S/C11H22/c1-5-6-7-8-9-11(4)10(2)3/h5,10-11H,1,6-9H2,2-4H3. The Balaban J connectivity index is 3.17. The summed E-state index contributed by atoms with van der Waals surface area (Å²) in [4.78, 5) is 0. The van der Waals surface area contributed by atoms with E-state index in [0.717, 1.165) is 11.8 Å². The fraction of sp³-hybridized carbons (Fsp3) is 0.818. The van der Waals surface area contributed by atoms with Gasteiger partial charge in [0.2, 0.25) is 0 Å². The lowest BCUT2D eigenvalue weighted by Crippen LogP contribution is -2.02. The molecule has 0 fully saturated rings. The normalized spacial score (nSPS) is 13.5. The third-order valence-electron chi connectivity index (χ3n) is 2.46. The molecule has 11 heavy (non-hydrogen) atoms. The zero-order valence-electron chi connectivity index (χ0n) is 8.27. The summed E-state index contributed by atoms with van der Waals surface area (Å²) in [5.41, 5.74) is 0. The molecule has 0 bridgehead atoms. The van der Waals surface area contributed by atoms with Gasteiger partial charge in [0.1, 0.15) is 0 Å². The molecule has 0 aromatic carbocycles. The maximum Gasteiger partial charge on any atom is -0.0353 e. The van der Waals surface area contributed by atoms with Crippen LogP contribution in [0.5, 0.6) is 0 Å². The fourth-order valence-electron chi connectivity index (χ4n) is 1.09. The van der Waals surface area contributed by atoms with E-state index in [2.05, 4.69) is 27.4 Å². The number of allylic oxidation sites excluding steroid dienone is 1. The Bertz CT molecular complexity index is 92.2. The third-order valence-corrected chi connectivity index (χ3v) is 2.46. The molecule has 0 aromatic rings. The molecule has 0 aliphatic heterocycles. The first-order valence-corrected chi connectivity index (χ1v) is 4.79. The second kappa shape index (κ2) is 6.45. The van der Waals surface area contributed by atoms with E-state index in [9.17, 15) is 0 Å². The van der Waals surface area contributed by atoms with Crippen molar-refractivity contribution in [2.24, 2.45) is 11.8 Å². The van der Waals surface area contributed by atoms with Crippen LogP contribution in [-0.2, 0) is 0 Å². The van der Waals surface area contributed by atoms with Crippen LogP contribution in [0.15, 0.2) is 12.7 Å². The molecular weight excluding hydrogens is 132 g/mol. The van der Waals surface area contributed by atoms with Gasteiger partial charge in [-0.15, -0.1) is 6.58 Å². The van der Waals surface area contributed by atoms with Crippen LogP contribution in [0.25, 0.3) is 0 Å². The molecule has 0 N–H and O–H groups in total. The Morgan fingerprint density at radius 1 is 1.18 bits per heavy atom. The molecule has 0 saturated carbocycles. The van der Waals surface area contributed by atoms with E-state index in [0.29, 0.717) is 0 Å². The fourth-order valence-corrected chi connectivity index (χ4v) is 1.09. The molecule has 0 radical (unpaired) electrons. The van der Waals surface area contributed by atoms with Crippen molar-refractivity contribution in [3.05, 3.63) is 12.7 Å². The van der Waals surface area contributed by atoms with E-state index >= 15 is 0 Å². The summed E-state index contributed by atoms with van der Waals surface area (Å²) in [6.45, 7) is 10.7. The van der Waals surface area contributed by atoms with E-state index in [1.165, 1.54) is 25.7 Å². The van der Waals surface area contributed by atoms with Crippen LogP contribution in [0.1, 0.15) is 46.5 Å². The molecule has 0 spiro atoms. The number of rotatable bonds is 6. The molecule has 0 aliphatic carbocycles. The Morgan fingerprint density at radius 2 is 1.82 bits per heavy atom. The minimum Gasteiger partial charge on any atom is -0.103 e. The smallest absolute Gasteiger partial charge is 0.0353 e. The topological polar surface area (TPSA) is 0 Å². The molecular formula is C11H22. The van der Waals surface area contributed by atoms with Crippen LogP contribution in [-0.4, -0.2) is 0 Å². The van der Waals surface area contributed by atoms with Crippen molar-refractivity contribution in [1.29, 1.82) is 0 Å². The first-order chi connectivity index (χ1) is 5.18. The summed E-state index contributed by atoms with van der Waals surface area (Å²) in [5, 5.41) is 0. The van der Waals surface area contributed by atoms with E-state index in [1.807, 2.05) is 6.08 Å². The highest BCUT2D eigenvalue weighted by Crippen LogP contribution is 2.17. The van der Waals surface area contributed by atoms with Gasteiger partial charge in [-0.1, -0.05) is 39.7 Å². The van der Waals surface area contributed by atoms with Crippen molar-refractivity contribution in [2.75, 3.05) is 0 Å². The largest absolute Gasteiger partial charge is 0.103 e. The lowest BCUT2D eigenvalue weighted by atomic mass is 9.92. The van der Waals surface area contributed by atoms with Crippen molar-refractivity contribution in [3.63, 3.8) is 0 Å². The molecule has 0 heteroatoms. The lowest BCUT2D eigenvalue weighted by Gasteiger charge is -2.14. The Labute approximate surface area is 71.7 Å². The van der Waals surface area contributed by atoms with E-state index in [1.54, 1.807) is 0 Å². The summed E-state index contributed by atoms with van der Waals surface area (Å²) >= 11 is 0. The van der Waals surface area contributed by atoms with Gasteiger partial charge in [-0.2, -0.15) is 0 Å². The van der Waals surface area contributed by atoms with Crippen molar-refractivity contribution in [3.8, 4) is 0 Å². The molecule has 0 amide bonds. The molecule has 0 heterocycles. The Hall–Kier alpha value is -0.260. The zero-order valence-corrected chi connectivity index (χ0v) is 8.27. The average molecular weight is 154 g/mol. The van der Waals surface area contributed by atoms with Crippen LogP contribution in [0.4, 0.5) is 0 Å². The molecule has 0 nitrogen and oxygen atoms in total. The summed E-state index contributed by atoms with van der Waals surface area (Å²) in [6, 6.07) is 0. The van der Waals surface area contributed by atoms with Gasteiger partial charge < -0.3 is 0 Å². The number of hydrogen-bond acceptors (Lipinski definition) is 0. The van der Waals surface area contributed by atoms with Gasteiger partial charge in [-0.3, -0.25) is 0 Å². The summed E-state index contributed by atoms with van der Waals surface area (Å²) in [5.74, 6) is 1.73. The highest BCUT2D eigenvalue weighted by molar-refractivity contribution is 4.66. The van der Waals surface area contributed by atoms with Crippen LogP contribution < -0.4 is 0 Å². The van der Waals surface area contributed by atoms with Crippen molar-refractivity contribution < 1.29 is 0 Å². The second-order valence-electron chi connectivity index (χ2n) is 3.79. The minimum absolute atomic E-state index is 0.846. The first-order valence-electron chi connectivity index (χ1n) is 4.79. The van der Waals surface area contributed by atoms with E-state index in [-0.39, 0.29) is 0 Å². The van der Waals surface area contributed by atoms with Gasteiger partial charge in [-0.05, 0) is 24.7 Å². The van der Waals surface area contributed by atoms with Gasteiger partial charge in [0.15, 0.2) is 0 Å². The van der Waals surface area contributed by atoms with Gasteiger partial charge in [0, 0.05) is 0 Å². The van der Waals surface area contributed by atoms with Crippen LogP contribution >= 0.6 is 0 Å². The van der Waals surface area contributed by atoms with Crippen LogP contribution in [0, 0.1) is 11.8 Å². The molecule has 1 atom stereocenters. The maximum atomic E-state index is 3.71. The molecule has 0 rings (SSSR count). The highest BCUT2D eigenvalue weighted by Gasteiger charge is 2.05. The summed E-state index contributed by atoms with van der Waals surface area (Å²) < 4.78 is 0. The molecule has 0 aliphatic rings. The van der Waals surface area contributed by atoms with Crippen LogP contribution in [0.2, 0.25) is 0 Å². The predicted octanol–water partition coefficient (Wildman–Crippen LogP) is 4.02. The molecule has 66 valence electrons. The molecule has 1 unspecified atom stereocenters. The second-order valence-corrected chi connectivity index (χ2v) is 3.79. The quantitative estimate of drug-likeness (QED) is 0.400. The summed E-state index contributed by atoms with van der Waals surface area (Å²) in [7, 11) is 0. The maximum absolute atomic E-state index is 3.71. The number of hydrogen-bond donors (Lipinski definition) is 0. The van der Waals surface area contributed by atoms with Gasteiger partial charge in [0.05, 0.1) is 0 Å². The SMILES string of the molecule is C=CCCCCC(C)C(C)C. The molecule has 0 saturated heterocycles. The Morgan fingerprint density at radius 3 is 2.27 bits per heavy atom. The van der Waals surface area contributed by atoms with Crippen LogP contribution in [0.3, 0.4) is 0 Å². The van der Waals surface area contributed by atoms with Crippen molar-refractivity contribution in [1.82, 2.24) is 0 Å². The third kappa shape index (κ3) is 6.15. The van der Waals surface area contributed by atoms with Gasteiger partial charge in [-0.25, -0.2) is 0 Å². The predicted molar refractivity (Wildman–Crippen MR) is 52.7 cm³/mol. The highest BCUT2D eigenvalue weighted by atomic mass is 14.1. The average Bonchev–Trinajstić information content (AvgIpc) is 1.97. The first kappa shape index (κ1) is 10.7. The Kier molecular flexibility index (Phi) is 6.30. The lowest BCUT2D eigenvalue weighted by molar-refractivity contribution is 0.378. The van der Waals surface area contributed by atoms with E-state index in [4.69, 9.17) is 0 Å². The van der Waals surface area contributed by atoms with Gasteiger partial charge in [0.25, 0.3) is 0 Å². The molecule has 0 aromatic heterocycles.